The average molecular weight is 399 g/mol. The molecule has 0 fully saturated rings. The van der Waals surface area contributed by atoms with E-state index in [-0.39, 0.29) is 17.8 Å². The molecule has 0 bridgehead atoms. The number of benzene rings is 2. The van der Waals surface area contributed by atoms with Crippen molar-refractivity contribution in [1.82, 2.24) is 15.2 Å². The van der Waals surface area contributed by atoms with Crippen LogP contribution in [0.1, 0.15) is 27.7 Å². The van der Waals surface area contributed by atoms with Crippen LogP contribution in [0.5, 0.6) is 5.75 Å². The van der Waals surface area contributed by atoms with Gasteiger partial charge in [-0.05, 0) is 43.9 Å². The van der Waals surface area contributed by atoms with Gasteiger partial charge in [0.25, 0.3) is 5.91 Å². The highest BCUT2D eigenvalue weighted by Gasteiger charge is 2.18. The number of amides is 1. The lowest BCUT2D eigenvalue weighted by Crippen LogP contribution is -2.34. The molecule has 0 aliphatic carbocycles. The Morgan fingerprint density at radius 1 is 1.21 bits per heavy atom. The van der Waals surface area contributed by atoms with Crippen molar-refractivity contribution in [2.24, 2.45) is 0 Å². The Kier molecular flexibility index (Phi) is 6.73. The molecule has 5 nitrogen and oxygen atoms in total. The molecule has 146 valence electrons. The molecule has 0 saturated heterocycles. The molecule has 0 aliphatic heterocycles. The Labute approximate surface area is 167 Å². The summed E-state index contributed by atoms with van der Waals surface area (Å²) in [5.74, 6) is 0.00973. The number of aromatic nitrogens is 1. The van der Waals surface area contributed by atoms with E-state index in [0.29, 0.717) is 24.5 Å². The lowest BCUT2D eigenvalue weighted by molar-refractivity contribution is 0.0937. The molecule has 1 heterocycles. The number of para-hydroxylation sites is 1. The maximum Gasteiger partial charge on any atom is 0.255 e. The summed E-state index contributed by atoms with van der Waals surface area (Å²) in [7, 11) is 3.84. The van der Waals surface area contributed by atoms with Gasteiger partial charge < -0.3 is 15.0 Å². The second kappa shape index (κ2) is 9.43. The summed E-state index contributed by atoms with van der Waals surface area (Å²) >= 11 is 1.50. The largest absolute Gasteiger partial charge is 0.486 e. The van der Waals surface area contributed by atoms with Gasteiger partial charge in [0.1, 0.15) is 18.2 Å². The molecule has 0 saturated carbocycles. The summed E-state index contributed by atoms with van der Waals surface area (Å²) in [6, 6.07) is 13.4. The molecule has 1 amide bonds. The van der Waals surface area contributed by atoms with Crippen LogP contribution in [-0.2, 0) is 6.61 Å². The van der Waals surface area contributed by atoms with Crippen LogP contribution in [0, 0.1) is 5.82 Å². The minimum absolute atomic E-state index is 0.0763. The number of carbonyl (C=O) groups excluding carboxylic acids is 1. The van der Waals surface area contributed by atoms with Gasteiger partial charge in [-0.15, -0.1) is 11.3 Å². The highest BCUT2D eigenvalue weighted by molar-refractivity contribution is 7.07. The molecule has 1 aromatic heterocycles. The molecule has 1 N–H and O–H groups in total. The number of thiazole rings is 1. The number of hydrogen-bond acceptors (Lipinski definition) is 5. The minimum Gasteiger partial charge on any atom is -0.486 e. The topological polar surface area (TPSA) is 54.5 Å². The van der Waals surface area contributed by atoms with Gasteiger partial charge in [0, 0.05) is 11.9 Å². The van der Waals surface area contributed by atoms with Crippen LogP contribution in [0.15, 0.2) is 59.4 Å². The molecule has 0 spiro atoms. The van der Waals surface area contributed by atoms with Crippen molar-refractivity contribution in [1.29, 1.82) is 0 Å². The molecule has 28 heavy (non-hydrogen) atoms. The number of hydrogen-bond donors (Lipinski definition) is 1. The van der Waals surface area contributed by atoms with E-state index >= 15 is 0 Å². The fourth-order valence-corrected chi connectivity index (χ4v) is 3.35. The summed E-state index contributed by atoms with van der Waals surface area (Å²) in [5.41, 5.74) is 3.96. The quantitative estimate of drug-likeness (QED) is 0.624. The number of carbonyl (C=O) groups is 1. The van der Waals surface area contributed by atoms with E-state index in [1.165, 1.54) is 23.5 Å². The van der Waals surface area contributed by atoms with E-state index < -0.39 is 0 Å². The lowest BCUT2D eigenvalue weighted by atomic mass is 10.1. The average Bonchev–Trinajstić information content (AvgIpc) is 3.21. The third-order valence-electron chi connectivity index (χ3n) is 4.32. The first-order valence-electron chi connectivity index (χ1n) is 8.83. The molecule has 7 heteroatoms. The van der Waals surface area contributed by atoms with Crippen LogP contribution in [0.25, 0.3) is 0 Å². The summed E-state index contributed by atoms with van der Waals surface area (Å²) in [4.78, 5) is 18.9. The zero-order valence-electron chi connectivity index (χ0n) is 15.8. The summed E-state index contributed by atoms with van der Waals surface area (Å²) in [6.07, 6.45) is 0. The lowest BCUT2D eigenvalue weighted by Gasteiger charge is -2.25. The summed E-state index contributed by atoms with van der Waals surface area (Å²) in [5, 5.41) is 4.87. The Bertz CT molecular complexity index is 898. The Morgan fingerprint density at radius 2 is 1.96 bits per heavy atom. The Morgan fingerprint density at radius 3 is 2.64 bits per heavy atom. The maximum atomic E-state index is 13.2. The van der Waals surface area contributed by atoms with Gasteiger partial charge in [-0.25, -0.2) is 9.37 Å². The fraction of sp³-hybridized carbons (Fsp3) is 0.238. The molecular weight excluding hydrogens is 377 g/mol. The first-order chi connectivity index (χ1) is 13.5. The van der Waals surface area contributed by atoms with E-state index in [0.717, 1.165) is 11.3 Å². The van der Waals surface area contributed by atoms with Crippen molar-refractivity contribution >= 4 is 17.2 Å². The van der Waals surface area contributed by atoms with Gasteiger partial charge in [-0.1, -0.05) is 24.3 Å². The first-order valence-corrected chi connectivity index (χ1v) is 9.78. The SMILES string of the molecule is CN(C)C(CNC(=O)c1ccccc1OCc1cscn1)c1ccc(F)cc1. The third-order valence-corrected chi connectivity index (χ3v) is 4.96. The van der Waals surface area contributed by atoms with E-state index in [1.54, 1.807) is 35.8 Å². The van der Waals surface area contributed by atoms with Crippen molar-refractivity contribution in [2.45, 2.75) is 12.6 Å². The van der Waals surface area contributed by atoms with Gasteiger partial charge >= 0.3 is 0 Å². The smallest absolute Gasteiger partial charge is 0.255 e. The number of rotatable bonds is 8. The van der Waals surface area contributed by atoms with Crippen LogP contribution >= 0.6 is 11.3 Å². The van der Waals surface area contributed by atoms with Crippen LogP contribution in [0.4, 0.5) is 4.39 Å². The zero-order valence-corrected chi connectivity index (χ0v) is 16.6. The minimum atomic E-state index is -0.281. The number of nitrogens with zero attached hydrogens (tertiary/aromatic N) is 2. The molecule has 1 atom stereocenters. The summed E-state index contributed by atoms with van der Waals surface area (Å²) in [6.45, 7) is 0.696. The highest BCUT2D eigenvalue weighted by atomic mass is 32.1. The number of likely N-dealkylation sites (N-methyl/N-ethyl adjacent to an activating group) is 1. The van der Waals surface area contributed by atoms with E-state index in [2.05, 4.69) is 10.3 Å². The molecule has 3 aromatic rings. The summed E-state index contributed by atoms with van der Waals surface area (Å²) < 4.78 is 19.0. The number of nitrogens with one attached hydrogen (secondary N) is 1. The van der Waals surface area contributed by atoms with E-state index in [9.17, 15) is 9.18 Å². The van der Waals surface area contributed by atoms with Crippen molar-refractivity contribution in [2.75, 3.05) is 20.6 Å². The molecule has 0 aliphatic rings. The van der Waals surface area contributed by atoms with E-state index in [4.69, 9.17) is 4.74 Å². The van der Waals surface area contributed by atoms with Crippen molar-refractivity contribution < 1.29 is 13.9 Å². The standard InChI is InChI=1S/C21H22FN3O2S/c1-25(2)19(15-7-9-16(22)10-8-15)11-23-21(26)18-5-3-4-6-20(18)27-12-17-13-28-14-24-17/h3-10,13-14,19H,11-12H2,1-2H3,(H,23,26). The Hall–Kier alpha value is -2.77. The number of halogens is 1. The normalized spacial score (nSPS) is 12.0. The van der Waals surface area contributed by atoms with Gasteiger partial charge in [0.2, 0.25) is 0 Å². The number of ether oxygens (including phenoxy) is 1. The Balaban J connectivity index is 1.67. The van der Waals surface area contributed by atoms with Crippen LogP contribution < -0.4 is 10.1 Å². The van der Waals surface area contributed by atoms with Gasteiger partial charge in [-0.3, -0.25) is 4.79 Å². The fourth-order valence-electron chi connectivity index (χ4n) is 2.81. The third kappa shape index (κ3) is 5.15. The second-order valence-corrected chi connectivity index (χ2v) is 7.22. The molecule has 1 unspecified atom stereocenters. The first kappa shape index (κ1) is 20.0. The molecule has 0 radical (unpaired) electrons. The predicted molar refractivity (Wildman–Crippen MR) is 108 cm³/mol. The maximum absolute atomic E-state index is 13.2. The van der Waals surface area contributed by atoms with Crippen molar-refractivity contribution in [3.8, 4) is 5.75 Å². The van der Waals surface area contributed by atoms with Crippen molar-refractivity contribution in [3.63, 3.8) is 0 Å². The second-order valence-electron chi connectivity index (χ2n) is 6.51. The van der Waals surface area contributed by atoms with Crippen LogP contribution in [0.3, 0.4) is 0 Å². The zero-order chi connectivity index (χ0) is 19.9. The van der Waals surface area contributed by atoms with Crippen LogP contribution in [-0.4, -0.2) is 36.4 Å². The van der Waals surface area contributed by atoms with Gasteiger partial charge in [0.15, 0.2) is 0 Å². The van der Waals surface area contributed by atoms with Crippen molar-refractivity contribution in [3.05, 3.63) is 82.1 Å². The van der Waals surface area contributed by atoms with Crippen LogP contribution in [0.2, 0.25) is 0 Å². The molecular formula is C21H22FN3O2S. The van der Waals surface area contributed by atoms with E-state index in [1.807, 2.05) is 30.4 Å². The predicted octanol–water partition coefficient (Wildman–Crippen LogP) is 3.89. The highest BCUT2D eigenvalue weighted by Crippen LogP contribution is 2.21. The monoisotopic (exact) mass is 399 g/mol. The van der Waals surface area contributed by atoms with Gasteiger partial charge in [-0.2, -0.15) is 0 Å². The van der Waals surface area contributed by atoms with Gasteiger partial charge in [0.05, 0.1) is 22.8 Å². The molecule has 3 rings (SSSR count). The molecule has 2 aromatic carbocycles.